The Morgan fingerprint density at radius 1 is 0.875 bits per heavy atom. The largest absolute Gasteiger partial charge is 0.244 e. The number of rotatable bonds is 12. The van der Waals surface area contributed by atoms with E-state index in [1.165, 1.54) is 51.4 Å². The van der Waals surface area contributed by atoms with Gasteiger partial charge in [0.1, 0.15) is 12.3 Å². The van der Waals surface area contributed by atoms with Crippen LogP contribution in [0.5, 0.6) is 0 Å². The second kappa shape index (κ2) is 12.9. The summed E-state index contributed by atoms with van der Waals surface area (Å²) in [7, 11) is 0. The summed E-state index contributed by atoms with van der Waals surface area (Å²) in [4.78, 5) is 0. The topological polar surface area (TPSA) is 0 Å². The summed E-state index contributed by atoms with van der Waals surface area (Å²) < 4.78 is 28.8. The van der Waals surface area contributed by atoms with Crippen molar-refractivity contribution in [2.24, 2.45) is 17.8 Å². The summed E-state index contributed by atoms with van der Waals surface area (Å²) in [6.07, 6.45) is 11.6. The van der Waals surface area contributed by atoms with Crippen molar-refractivity contribution in [3.63, 3.8) is 0 Å². The number of hydrogen-bond acceptors (Lipinski definition) is 0. The molecule has 3 heteroatoms. The van der Waals surface area contributed by atoms with Crippen LogP contribution in [0.15, 0.2) is 0 Å². The van der Waals surface area contributed by atoms with Gasteiger partial charge in [0.05, 0.1) is 0 Å². The molecule has 24 heavy (non-hydrogen) atoms. The van der Waals surface area contributed by atoms with E-state index in [0.29, 0.717) is 0 Å². The molecule has 0 aliphatic heterocycles. The Kier molecular flexibility index (Phi) is 12.1. The second-order valence-corrected chi connectivity index (χ2v) is 9.87. The van der Waals surface area contributed by atoms with Gasteiger partial charge >= 0.3 is 0 Å². The Morgan fingerprint density at radius 2 is 1.54 bits per heavy atom. The predicted octanol–water partition coefficient (Wildman–Crippen LogP) is 8.07. The van der Waals surface area contributed by atoms with E-state index in [-0.39, 0.29) is 11.8 Å². The van der Waals surface area contributed by atoms with Gasteiger partial charge in [0.15, 0.2) is 0 Å². The van der Waals surface area contributed by atoms with E-state index in [2.05, 4.69) is 36.4 Å². The molecule has 1 aliphatic carbocycles. The molecule has 1 rings (SSSR count). The smallest absolute Gasteiger partial charge is 0.134 e. The van der Waals surface area contributed by atoms with E-state index in [0.717, 1.165) is 35.5 Å². The van der Waals surface area contributed by atoms with Crippen molar-refractivity contribution >= 4 is 22.6 Å². The summed E-state index contributed by atoms with van der Waals surface area (Å²) in [6.45, 7) is 6.38. The molecule has 144 valence electrons. The van der Waals surface area contributed by atoms with Crippen molar-refractivity contribution in [3.05, 3.63) is 0 Å². The zero-order chi connectivity index (χ0) is 17.9. The fraction of sp³-hybridized carbons (Fsp3) is 1.00. The minimum atomic E-state index is -1.23. The van der Waals surface area contributed by atoms with E-state index in [4.69, 9.17) is 0 Å². The summed E-state index contributed by atoms with van der Waals surface area (Å²) in [5.41, 5.74) is 0. The highest BCUT2D eigenvalue weighted by molar-refractivity contribution is 14.1. The molecule has 0 amide bonds. The molecule has 0 radical (unpaired) electrons. The Balaban J connectivity index is 2.25. The fourth-order valence-corrected chi connectivity index (χ4v) is 5.33. The Morgan fingerprint density at radius 3 is 2.21 bits per heavy atom. The van der Waals surface area contributed by atoms with Gasteiger partial charge in [-0.3, -0.25) is 0 Å². The molecule has 1 fully saturated rings. The molecule has 0 nitrogen and oxygen atoms in total. The maximum Gasteiger partial charge on any atom is 0.134 e. The quantitative estimate of drug-likeness (QED) is 0.206. The molecule has 6 atom stereocenters. The SMILES string of the molecule is CCCC(I)CCCC(CCC)CCCC1CCC(C)C(F)C1F. The van der Waals surface area contributed by atoms with Gasteiger partial charge in [-0.05, 0) is 49.9 Å². The van der Waals surface area contributed by atoms with Crippen molar-refractivity contribution in [1.29, 1.82) is 0 Å². The third-order valence-electron chi connectivity index (χ3n) is 5.91. The predicted molar refractivity (Wildman–Crippen MR) is 110 cm³/mol. The van der Waals surface area contributed by atoms with Crippen LogP contribution < -0.4 is 0 Å². The number of halogens is 3. The van der Waals surface area contributed by atoms with Gasteiger partial charge in [0, 0.05) is 3.92 Å². The zero-order valence-electron chi connectivity index (χ0n) is 16.1. The van der Waals surface area contributed by atoms with E-state index in [9.17, 15) is 8.78 Å². The summed E-state index contributed by atoms with van der Waals surface area (Å²) in [6, 6.07) is 0. The summed E-state index contributed by atoms with van der Waals surface area (Å²) >= 11 is 2.60. The summed E-state index contributed by atoms with van der Waals surface area (Å²) in [5, 5.41) is 0. The van der Waals surface area contributed by atoms with Crippen LogP contribution in [0, 0.1) is 17.8 Å². The minimum Gasteiger partial charge on any atom is -0.244 e. The fourth-order valence-electron chi connectivity index (χ4n) is 4.27. The van der Waals surface area contributed by atoms with Crippen molar-refractivity contribution in [3.8, 4) is 0 Å². The van der Waals surface area contributed by atoms with Crippen LogP contribution in [-0.4, -0.2) is 16.3 Å². The van der Waals surface area contributed by atoms with Crippen molar-refractivity contribution in [2.75, 3.05) is 0 Å². The molecule has 1 aliphatic rings. The first-order chi connectivity index (χ1) is 11.5. The summed E-state index contributed by atoms with van der Waals surface area (Å²) in [5.74, 6) is 0.678. The first-order valence-corrected chi connectivity index (χ1v) is 11.7. The van der Waals surface area contributed by atoms with E-state index >= 15 is 0 Å². The second-order valence-electron chi connectivity index (χ2n) is 8.11. The first kappa shape index (κ1) is 22.6. The van der Waals surface area contributed by atoms with Gasteiger partial charge < -0.3 is 0 Å². The highest BCUT2D eigenvalue weighted by atomic mass is 127. The van der Waals surface area contributed by atoms with Gasteiger partial charge in [-0.15, -0.1) is 0 Å². The lowest BCUT2D eigenvalue weighted by Gasteiger charge is -2.33. The lowest BCUT2D eigenvalue weighted by molar-refractivity contribution is 0.0248. The highest BCUT2D eigenvalue weighted by Crippen LogP contribution is 2.36. The Bertz CT molecular complexity index is 310. The molecule has 0 spiro atoms. The van der Waals surface area contributed by atoms with E-state index < -0.39 is 12.3 Å². The van der Waals surface area contributed by atoms with Gasteiger partial charge in [0.2, 0.25) is 0 Å². The van der Waals surface area contributed by atoms with Gasteiger partial charge in [-0.25, -0.2) is 8.78 Å². The van der Waals surface area contributed by atoms with Crippen molar-refractivity contribution in [1.82, 2.24) is 0 Å². The van der Waals surface area contributed by atoms with Crippen LogP contribution in [0.3, 0.4) is 0 Å². The molecule has 6 unspecified atom stereocenters. The maximum absolute atomic E-state index is 14.2. The van der Waals surface area contributed by atoms with Crippen LogP contribution >= 0.6 is 22.6 Å². The molecule has 0 saturated heterocycles. The molecule has 0 aromatic rings. The Labute approximate surface area is 163 Å². The van der Waals surface area contributed by atoms with Crippen LogP contribution in [0.1, 0.15) is 97.8 Å². The number of alkyl halides is 3. The van der Waals surface area contributed by atoms with Crippen LogP contribution in [0.25, 0.3) is 0 Å². The first-order valence-electron chi connectivity index (χ1n) is 10.4. The molecule has 1 saturated carbocycles. The molecule has 0 bridgehead atoms. The minimum absolute atomic E-state index is 0.0262. The Hall–Kier alpha value is 0.590. The van der Waals surface area contributed by atoms with Crippen LogP contribution in [0.2, 0.25) is 0 Å². The molecular weight excluding hydrogens is 417 g/mol. The van der Waals surface area contributed by atoms with Crippen LogP contribution in [-0.2, 0) is 0 Å². The van der Waals surface area contributed by atoms with Gasteiger partial charge in [-0.2, -0.15) is 0 Å². The van der Waals surface area contributed by atoms with Gasteiger partial charge in [-0.1, -0.05) is 88.3 Å². The van der Waals surface area contributed by atoms with E-state index in [1.807, 2.05) is 6.92 Å². The average molecular weight is 456 g/mol. The number of hydrogen-bond donors (Lipinski definition) is 0. The molecule has 0 heterocycles. The standard InChI is InChI=1S/C21H39F2I/c1-4-8-17(11-7-13-19(24)9-5-2)10-6-12-18-15-14-16(3)20(22)21(18)23/h16-21H,4-15H2,1-3H3. The third kappa shape index (κ3) is 8.31. The monoisotopic (exact) mass is 456 g/mol. The van der Waals surface area contributed by atoms with Crippen molar-refractivity contribution in [2.45, 2.75) is 114 Å². The zero-order valence-corrected chi connectivity index (χ0v) is 18.2. The third-order valence-corrected chi connectivity index (χ3v) is 7.15. The lowest BCUT2D eigenvalue weighted by Crippen LogP contribution is -2.36. The van der Waals surface area contributed by atoms with E-state index in [1.54, 1.807) is 0 Å². The highest BCUT2D eigenvalue weighted by Gasteiger charge is 2.37. The molecule has 0 aromatic carbocycles. The van der Waals surface area contributed by atoms with Crippen LogP contribution in [0.4, 0.5) is 8.78 Å². The van der Waals surface area contributed by atoms with Crippen molar-refractivity contribution < 1.29 is 8.78 Å². The van der Waals surface area contributed by atoms with Gasteiger partial charge in [0.25, 0.3) is 0 Å². The molecular formula is C21H39F2I. The molecule has 0 aromatic heterocycles. The molecule has 0 N–H and O–H groups in total. The maximum atomic E-state index is 14.2. The average Bonchev–Trinajstić information content (AvgIpc) is 2.55. The lowest BCUT2D eigenvalue weighted by atomic mass is 9.77. The normalized spacial score (nSPS) is 30.2.